The number of amides is 1. The Morgan fingerprint density at radius 1 is 1.33 bits per heavy atom. The van der Waals surface area contributed by atoms with Crippen molar-refractivity contribution in [3.63, 3.8) is 0 Å². The summed E-state index contributed by atoms with van der Waals surface area (Å²) in [6.07, 6.45) is 6.64. The predicted octanol–water partition coefficient (Wildman–Crippen LogP) is 3.36. The van der Waals surface area contributed by atoms with Crippen LogP contribution in [0.4, 0.5) is 0 Å². The lowest BCUT2D eigenvalue weighted by atomic mass is 10.1. The van der Waals surface area contributed by atoms with Gasteiger partial charge >= 0.3 is 0 Å². The summed E-state index contributed by atoms with van der Waals surface area (Å²) in [5.41, 5.74) is 1.35. The molecule has 0 radical (unpaired) electrons. The molecule has 0 fully saturated rings. The third-order valence-electron chi connectivity index (χ3n) is 3.97. The Labute approximate surface area is 140 Å². The second kappa shape index (κ2) is 6.86. The van der Waals surface area contributed by atoms with Gasteiger partial charge in [-0.15, -0.1) is 0 Å². The van der Waals surface area contributed by atoms with Crippen LogP contribution in [0.25, 0.3) is 11.0 Å². The Kier molecular flexibility index (Phi) is 4.64. The highest BCUT2D eigenvalue weighted by molar-refractivity contribution is 5.96. The smallest absolute Gasteiger partial charge is 0.253 e. The number of hydrogen-bond acceptors (Lipinski definition) is 4. The standard InChI is InChI=1S/C18H22N4O2/c1-12(2)22-17-14(11-20-22)9-15(10-19-17)18(23)21-13(3)6-7-16-5-4-8-24-16/h4-5,8-13H,6-7H2,1-3H3,(H,21,23)/t13-/m1/s1. The topological polar surface area (TPSA) is 73.0 Å². The van der Waals surface area contributed by atoms with E-state index in [4.69, 9.17) is 4.42 Å². The lowest BCUT2D eigenvalue weighted by Crippen LogP contribution is -2.32. The van der Waals surface area contributed by atoms with Crippen LogP contribution < -0.4 is 5.32 Å². The minimum Gasteiger partial charge on any atom is -0.469 e. The zero-order valence-corrected chi connectivity index (χ0v) is 14.2. The summed E-state index contributed by atoms with van der Waals surface area (Å²) in [4.78, 5) is 16.8. The number of nitrogens with one attached hydrogen (secondary N) is 1. The summed E-state index contributed by atoms with van der Waals surface area (Å²) in [6, 6.07) is 5.94. The van der Waals surface area contributed by atoms with Crippen molar-refractivity contribution in [3.8, 4) is 0 Å². The summed E-state index contributed by atoms with van der Waals surface area (Å²) in [7, 11) is 0. The molecule has 1 atom stereocenters. The highest BCUT2D eigenvalue weighted by Gasteiger charge is 2.14. The minimum absolute atomic E-state index is 0.0525. The van der Waals surface area contributed by atoms with Crippen molar-refractivity contribution >= 4 is 16.9 Å². The summed E-state index contributed by atoms with van der Waals surface area (Å²) >= 11 is 0. The quantitative estimate of drug-likeness (QED) is 0.754. The van der Waals surface area contributed by atoms with Gasteiger partial charge in [0, 0.05) is 30.1 Å². The van der Waals surface area contributed by atoms with E-state index in [-0.39, 0.29) is 18.0 Å². The lowest BCUT2D eigenvalue weighted by Gasteiger charge is -2.13. The summed E-state index contributed by atoms with van der Waals surface area (Å²) in [5.74, 6) is 0.814. The van der Waals surface area contributed by atoms with Crippen LogP contribution in [0.2, 0.25) is 0 Å². The zero-order chi connectivity index (χ0) is 17.1. The van der Waals surface area contributed by atoms with E-state index in [1.807, 2.05) is 29.8 Å². The van der Waals surface area contributed by atoms with Crippen LogP contribution in [0.5, 0.6) is 0 Å². The van der Waals surface area contributed by atoms with Gasteiger partial charge in [0.15, 0.2) is 5.65 Å². The number of aryl methyl sites for hydroxylation is 1. The van der Waals surface area contributed by atoms with E-state index in [0.717, 1.165) is 29.6 Å². The van der Waals surface area contributed by atoms with Crippen LogP contribution in [0.15, 0.2) is 41.3 Å². The van der Waals surface area contributed by atoms with Gasteiger partial charge in [-0.1, -0.05) is 0 Å². The minimum atomic E-state index is -0.117. The van der Waals surface area contributed by atoms with Crippen molar-refractivity contribution < 1.29 is 9.21 Å². The number of nitrogens with zero attached hydrogens (tertiary/aromatic N) is 3. The molecular formula is C18H22N4O2. The largest absolute Gasteiger partial charge is 0.469 e. The van der Waals surface area contributed by atoms with Gasteiger partial charge in [0.05, 0.1) is 18.0 Å². The average Bonchev–Trinajstić information content (AvgIpc) is 3.21. The molecule has 0 aliphatic rings. The van der Waals surface area contributed by atoms with E-state index in [9.17, 15) is 4.79 Å². The van der Waals surface area contributed by atoms with Crippen molar-refractivity contribution in [2.75, 3.05) is 0 Å². The van der Waals surface area contributed by atoms with Crippen LogP contribution in [0.1, 0.15) is 49.4 Å². The summed E-state index contributed by atoms with van der Waals surface area (Å²) in [6.45, 7) is 6.09. The van der Waals surface area contributed by atoms with Crippen molar-refractivity contribution in [1.82, 2.24) is 20.1 Å². The first kappa shape index (κ1) is 16.2. The first-order chi connectivity index (χ1) is 11.5. The van der Waals surface area contributed by atoms with Crippen molar-refractivity contribution in [3.05, 3.63) is 48.2 Å². The summed E-state index contributed by atoms with van der Waals surface area (Å²) < 4.78 is 7.16. The van der Waals surface area contributed by atoms with E-state index < -0.39 is 0 Å². The fourth-order valence-corrected chi connectivity index (χ4v) is 2.64. The van der Waals surface area contributed by atoms with Crippen molar-refractivity contribution in [2.45, 2.75) is 45.7 Å². The second-order valence-corrected chi connectivity index (χ2v) is 6.31. The highest BCUT2D eigenvalue weighted by Crippen LogP contribution is 2.17. The van der Waals surface area contributed by atoms with Gasteiger partial charge in [-0.25, -0.2) is 9.67 Å². The number of carbonyl (C=O) groups excluding carboxylic acids is 1. The van der Waals surface area contributed by atoms with E-state index in [1.165, 1.54) is 0 Å². The number of hydrogen-bond donors (Lipinski definition) is 1. The van der Waals surface area contributed by atoms with E-state index >= 15 is 0 Å². The number of furan rings is 1. The maximum Gasteiger partial charge on any atom is 0.253 e. The maximum absolute atomic E-state index is 12.4. The Morgan fingerprint density at radius 3 is 2.88 bits per heavy atom. The normalized spacial score (nSPS) is 12.7. The number of rotatable bonds is 6. The zero-order valence-electron chi connectivity index (χ0n) is 14.2. The first-order valence-corrected chi connectivity index (χ1v) is 8.21. The molecule has 0 saturated heterocycles. The molecule has 0 aliphatic heterocycles. The molecule has 6 nitrogen and oxygen atoms in total. The first-order valence-electron chi connectivity index (χ1n) is 8.21. The number of aromatic nitrogens is 3. The van der Waals surface area contributed by atoms with Crippen LogP contribution in [-0.4, -0.2) is 26.7 Å². The Morgan fingerprint density at radius 2 is 2.17 bits per heavy atom. The van der Waals surface area contributed by atoms with Gasteiger partial charge in [0.2, 0.25) is 0 Å². The van der Waals surface area contributed by atoms with Gasteiger partial charge in [0.25, 0.3) is 5.91 Å². The molecule has 0 saturated carbocycles. The van der Waals surface area contributed by atoms with Crippen molar-refractivity contribution in [1.29, 1.82) is 0 Å². The van der Waals surface area contributed by atoms with Gasteiger partial charge in [-0.2, -0.15) is 5.10 Å². The molecule has 126 valence electrons. The maximum atomic E-state index is 12.4. The van der Waals surface area contributed by atoms with E-state index in [1.54, 1.807) is 18.7 Å². The third-order valence-corrected chi connectivity index (χ3v) is 3.97. The van der Waals surface area contributed by atoms with Crippen LogP contribution in [-0.2, 0) is 6.42 Å². The second-order valence-electron chi connectivity index (χ2n) is 6.31. The Hall–Kier alpha value is -2.63. The number of pyridine rings is 1. The summed E-state index contributed by atoms with van der Waals surface area (Å²) in [5, 5.41) is 8.21. The van der Waals surface area contributed by atoms with Crippen LogP contribution >= 0.6 is 0 Å². The van der Waals surface area contributed by atoms with Gasteiger partial charge < -0.3 is 9.73 Å². The molecule has 1 amide bonds. The molecule has 0 aliphatic carbocycles. The SMILES string of the molecule is CC(C)n1ncc2cc(C(=O)N[C@H](C)CCc3ccco3)cnc21. The predicted molar refractivity (Wildman–Crippen MR) is 91.9 cm³/mol. The Bertz CT molecular complexity index is 821. The molecule has 3 aromatic heterocycles. The van der Waals surface area contributed by atoms with E-state index in [2.05, 4.69) is 29.2 Å². The molecule has 3 rings (SSSR count). The average molecular weight is 326 g/mol. The monoisotopic (exact) mass is 326 g/mol. The van der Waals surface area contributed by atoms with E-state index in [0.29, 0.717) is 5.56 Å². The highest BCUT2D eigenvalue weighted by atomic mass is 16.3. The molecule has 3 heterocycles. The fraction of sp³-hybridized carbons (Fsp3) is 0.389. The molecule has 0 aromatic carbocycles. The van der Waals surface area contributed by atoms with Gasteiger partial charge in [-0.05, 0) is 45.4 Å². The Balaban J connectivity index is 1.65. The molecule has 6 heteroatoms. The van der Waals surface area contributed by atoms with Crippen molar-refractivity contribution in [2.24, 2.45) is 0 Å². The van der Waals surface area contributed by atoms with Crippen LogP contribution in [0, 0.1) is 0 Å². The number of fused-ring (bicyclic) bond motifs is 1. The number of carbonyl (C=O) groups is 1. The molecule has 0 unspecified atom stereocenters. The molecule has 24 heavy (non-hydrogen) atoms. The molecule has 3 aromatic rings. The van der Waals surface area contributed by atoms with Gasteiger partial charge in [0.1, 0.15) is 5.76 Å². The fourth-order valence-electron chi connectivity index (χ4n) is 2.64. The lowest BCUT2D eigenvalue weighted by molar-refractivity contribution is 0.0938. The van der Waals surface area contributed by atoms with Gasteiger partial charge in [-0.3, -0.25) is 4.79 Å². The molecule has 1 N–H and O–H groups in total. The molecule has 0 spiro atoms. The molecular weight excluding hydrogens is 304 g/mol. The van der Waals surface area contributed by atoms with Crippen LogP contribution in [0.3, 0.4) is 0 Å². The molecule has 0 bridgehead atoms. The third kappa shape index (κ3) is 3.48.